The minimum Gasteiger partial charge on any atom is -0.466 e. The van der Waals surface area contributed by atoms with E-state index in [4.69, 9.17) is 9.47 Å². The highest BCUT2D eigenvalue weighted by Gasteiger charge is 2.09. The summed E-state index contributed by atoms with van der Waals surface area (Å²) in [6.45, 7) is 0. The fraction of sp³-hybridized carbons (Fsp3) is 0.250. The van der Waals surface area contributed by atoms with Crippen LogP contribution in [-0.4, -0.2) is 26.2 Å². The van der Waals surface area contributed by atoms with Crippen LogP contribution in [0.4, 0.5) is 0 Å². The van der Waals surface area contributed by atoms with Crippen LogP contribution in [0.5, 0.6) is 0 Å². The number of ether oxygens (including phenoxy) is 2. The van der Waals surface area contributed by atoms with Crippen LogP contribution in [0.2, 0.25) is 0 Å². The van der Waals surface area contributed by atoms with Crippen LogP contribution in [0.25, 0.3) is 12.2 Å². The first-order valence-electron chi connectivity index (χ1n) is 9.34. The maximum atomic E-state index is 11.5. The van der Waals surface area contributed by atoms with E-state index in [-0.39, 0.29) is 11.9 Å². The molecule has 4 aliphatic carbocycles. The quantitative estimate of drug-likeness (QED) is 0.599. The molecule has 28 heavy (non-hydrogen) atoms. The molecule has 0 fully saturated rings. The Kier molecular flexibility index (Phi) is 6.43. The second kappa shape index (κ2) is 9.18. The molecule has 0 aliphatic heterocycles. The van der Waals surface area contributed by atoms with Gasteiger partial charge in [0.05, 0.1) is 14.2 Å². The molecule has 4 bridgehead atoms. The van der Waals surface area contributed by atoms with Gasteiger partial charge in [0.15, 0.2) is 0 Å². The molecule has 2 aromatic carbocycles. The average Bonchev–Trinajstić information content (AvgIpc) is 2.72. The molecule has 6 rings (SSSR count). The molecule has 0 unspecified atom stereocenters. The highest BCUT2D eigenvalue weighted by Crippen LogP contribution is 2.23. The number of esters is 2. The second-order valence-corrected chi connectivity index (χ2v) is 6.78. The molecule has 0 amide bonds. The van der Waals surface area contributed by atoms with Crippen molar-refractivity contribution >= 4 is 24.1 Å². The third-order valence-electron chi connectivity index (χ3n) is 4.99. The standard InChI is InChI=1S/C24H24O4/c1-27-23(25)13-11-21-15-17-3-7-19(21)9-5-18-4-8-20(10-6-17)22(16-18)12-14-24(26)28-2/h3-4,7-8,11-16H,5-6,9-10H2,1-2H3/b13-11+,14-12+. The van der Waals surface area contributed by atoms with E-state index < -0.39 is 0 Å². The molecule has 0 radical (unpaired) electrons. The van der Waals surface area contributed by atoms with Crippen LogP contribution in [0, 0.1) is 0 Å². The van der Waals surface area contributed by atoms with E-state index in [2.05, 4.69) is 36.4 Å². The number of carbonyl (C=O) groups is 2. The molecule has 4 nitrogen and oxygen atoms in total. The summed E-state index contributed by atoms with van der Waals surface area (Å²) in [5, 5.41) is 0. The first kappa shape index (κ1) is 19.6. The Morgan fingerprint density at radius 1 is 0.714 bits per heavy atom. The second-order valence-electron chi connectivity index (χ2n) is 6.78. The van der Waals surface area contributed by atoms with Crippen LogP contribution in [0.15, 0.2) is 48.6 Å². The predicted molar refractivity (Wildman–Crippen MR) is 110 cm³/mol. The molecule has 0 heterocycles. The largest absolute Gasteiger partial charge is 0.466 e. The van der Waals surface area contributed by atoms with Gasteiger partial charge in [0, 0.05) is 12.2 Å². The van der Waals surface area contributed by atoms with Crippen molar-refractivity contribution in [2.45, 2.75) is 25.7 Å². The maximum Gasteiger partial charge on any atom is 0.330 e. The van der Waals surface area contributed by atoms with Crippen molar-refractivity contribution in [3.05, 3.63) is 81.9 Å². The monoisotopic (exact) mass is 376 g/mol. The number of rotatable bonds is 4. The number of methoxy groups -OCH3 is 2. The molecule has 0 saturated carbocycles. The van der Waals surface area contributed by atoms with Gasteiger partial charge in [-0.1, -0.05) is 36.4 Å². The lowest BCUT2D eigenvalue weighted by Gasteiger charge is -2.14. The Hall–Kier alpha value is -3.14. The van der Waals surface area contributed by atoms with Crippen LogP contribution in [0.3, 0.4) is 0 Å². The Morgan fingerprint density at radius 2 is 1.14 bits per heavy atom. The molecule has 0 N–H and O–H groups in total. The zero-order valence-electron chi connectivity index (χ0n) is 16.2. The third kappa shape index (κ3) is 4.97. The van der Waals surface area contributed by atoms with Crippen LogP contribution in [0.1, 0.15) is 33.4 Å². The molecule has 2 aromatic rings. The average molecular weight is 376 g/mol. The van der Waals surface area contributed by atoms with Crippen molar-refractivity contribution in [3.63, 3.8) is 0 Å². The highest BCUT2D eigenvalue weighted by atomic mass is 16.5. The lowest BCUT2D eigenvalue weighted by Crippen LogP contribution is -2.02. The number of benzene rings is 2. The summed E-state index contributed by atoms with van der Waals surface area (Å²) in [5.41, 5.74) is 6.93. The van der Waals surface area contributed by atoms with Crippen LogP contribution >= 0.6 is 0 Å². The van der Waals surface area contributed by atoms with Crippen molar-refractivity contribution in [2.24, 2.45) is 0 Å². The highest BCUT2D eigenvalue weighted by molar-refractivity contribution is 5.87. The number of hydrogen-bond donors (Lipinski definition) is 0. The van der Waals surface area contributed by atoms with E-state index in [9.17, 15) is 9.59 Å². The lowest BCUT2D eigenvalue weighted by molar-refractivity contribution is -0.135. The Bertz CT molecular complexity index is 860. The lowest BCUT2D eigenvalue weighted by atomic mass is 9.91. The van der Waals surface area contributed by atoms with E-state index in [0.29, 0.717) is 0 Å². The molecule has 0 saturated heterocycles. The molecule has 4 heteroatoms. The molecule has 0 aromatic heterocycles. The Balaban J connectivity index is 1.92. The van der Waals surface area contributed by atoms with E-state index in [1.165, 1.54) is 48.6 Å². The van der Waals surface area contributed by atoms with E-state index >= 15 is 0 Å². The molecule has 0 spiro atoms. The topological polar surface area (TPSA) is 52.6 Å². The molecular formula is C24H24O4. The predicted octanol–water partition coefficient (Wildman–Crippen LogP) is 3.94. The van der Waals surface area contributed by atoms with E-state index in [0.717, 1.165) is 36.8 Å². The minimum absolute atomic E-state index is 0.352. The van der Waals surface area contributed by atoms with Crippen molar-refractivity contribution in [1.29, 1.82) is 0 Å². The van der Waals surface area contributed by atoms with Crippen molar-refractivity contribution in [1.82, 2.24) is 0 Å². The van der Waals surface area contributed by atoms with Gasteiger partial charge >= 0.3 is 11.9 Å². The van der Waals surface area contributed by atoms with Gasteiger partial charge in [-0.05, 0) is 71.2 Å². The van der Waals surface area contributed by atoms with E-state index in [1.54, 1.807) is 0 Å². The zero-order chi connectivity index (χ0) is 19.9. The summed E-state index contributed by atoms with van der Waals surface area (Å²) in [7, 11) is 2.76. The van der Waals surface area contributed by atoms with Gasteiger partial charge in [0.25, 0.3) is 0 Å². The summed E-state index contributed by atoms with van der Waals surface area (Å²) in [5.74, 6) is -0.705. The number of carbonyl (C=O) groups excluding carboxylic acids is 2. The summed E-state index contributed by atoms with van der Waals surface area (Å²) in [4.78, 5) is 23.0. The smallest absolute Gasteiger partial charge is 0.330 e. The van der Waals surface area contributed by atoms with Crippen molar-refractivity contribution in [2.75, 3.05) is 14.2 Å². The van der Waals surface area contributed by atoms with Crippen LogP contribution < -0.4 is 0 Å². The minimum atomic E-state index is -0.352. The first-order chi connectivity index (χ1) is 13.6. The number of aryl methyl sites for hydroxylation is 4. The van der Waals surface area contributed by atoms with Gasteiger partial charge in [0.2, 0.25) is 0 Å². The first-order valence-corrected chi connectivity index (χ1v) is 9.34. The van der Waals surface area contributed by atoms with Gasteiger partial charge in [-0.15, -0.1) is 0 Å². The van der Waals surface area contributed by atoms with Gasteiger partial charge in [0.1, 0.15) is 0 Å². The van der Waals surface area contributed by atoms with Crippen molar-refractivity contribution < 1.29 is 19.1 Å². The summed E-state index contributed by atoms with van der Waals surface area (Å²) >= 11 is 0. The third-order valence-corrected chi connectivity index (χ3v) is 4.99. The SMILES string of the molecule is COC(=O)/C=C/c1cc2ccc1CCc1ccc(c(/C=C/C(=O)OC)c1)CC2. The molecule has 0 atom stereocenters. The fourth-order valence-electron chi connectivity index (χ4n) is 3.38. The summed E-state index contributed by atoms with van der Waals surface area (Å²) < 4.78 is 9.42. The summed E-state index contributed by atoms with van der Waals surface area (Å²) in [6.07, 6.45) is 10.1. The van der Waals surface area contributed by atoms with Crippen molar-refractivity contribution in [3.8, 4) is 0 Å². The van der Waals surface area contributed by atoms with Gasteiger partial charge in [-0.3, -0.25) is 0 Å². The summed E-state index contributed by atoms with van der Waals surface area (Å²) in [6, 6.07) is 12.9. The Morgan fingerprint density at radius 3 is 1.54 bits per heavy atom. The van der Waals surface area contributed by atoms with Gasteiger partial charge in [-0.25, -0.2) is 9.59 Å². The molecule has 144 valence electrons. The normalized spacial score (nSPS) is 13.5. The Labute approximate surface area is 165 Å². The number of hydrogen-bond acceptors (Lipinski definition) is 4. The van der Waals surface area contributed by atoms with E-state index in [1.807, 2.05) is 12.2 Å². The van der Waals surface area contributed by atoms with Crippen LogP contribution in [-0.2, 0) is 44.7 Å². The zero-order valence-corrected chi connectivity index (χ0v) is 16.2. The molecule has 4 aliphatic rings. The molecular weight excluding hydrogens is 352 g/mol. The van der Waals surface area contributed by atoms with Gasteiger partial charge < -0.3 is 9.47 Å². The van der Waals surface area contributed by atoms with Gasteiger partial charge in [-0.2, -0.15) is 0 Å². The fourth-order valence-corrected chi connectivity index (χ4v) is 3.38. The maximum absolute atomic E-state index is 11.5.